The van der Waals surface area contributed by atoms with Crippen LogP contribution in [0, 0.1) is 6.92 Å². The van der Waals surface area contributed by atoms with Gasteiger partial charge in [0.15, 0.2) is 0 Å². The SMILES string of the molecule is COc1ccc2c(=O)[nH]c(Cc3ccc(-c4ccnc(C)c4)nc3)nc2c1. The molecule has 6 nitrogen and oxygen atoms in total. The second-order valence-corrected chi connectivity index (χ2v) is 6.31. The summed E-state index contributed by atoms with van der Waals surface area (Å²) in [5, 5.41) is 0.543. The number of benzene rings is 1. The summed E-state index contributed by atoms with van der Waals surface area (Å²) in [5.74, 6) is 1.26. The highest BCUT2D eigenvalue weighted by molar-refractivity contribution is 5.79. The normalized spacial score (nSPS) is 10.9. The quantitative estimate of drug-likeness (QED) is 0.605. The molecule has 0 spiro atoms. The summed E-state index contributed by atoms with van der Waals surface area (Å²) in [7, 11) is 1.59. The maximum Gasteiger partial charge on any atom is 0.258 e. The first-order valence-corrected chi connectivity index (χ1v) is 8.57. The van der Waals surface area contributed by atoms with Crippen molar-refractivity contribution in [3.63, 3.8) is 0 Å². The van der Waals surface area contributed by atoms with E-state index in [0.717, 1.165) is 22.5 Å². The third kappa shape index (κ3) is 3.55. The van der Waals surface area contributed by atoms with Crippen molar-refractivity contribution in [2.75, 3.05) is 7.11 Å². The third-order valence-corrected chi connectivity index (χ3v) is 4.35. The van der Waals surface area contributed by atoms with Crippen molar-refractivity contribution in [3.8, 4) is 17.0 Å². The summed E-state index contributed by atoms with van der Waals surface area (Å²) >= 11 is 0. The lowest BCUT2D eigenvalue weighted by Crippen LogP contribution is -2.12. The Bertz CT molecular complexity index is 1170. The second-order valence-electron chi connectivity index (χ2n) is 6.31. The number of rotatable bonds is 4. The van der Waals surface area contributed by atoms with Crippen LogP contribution in [0.5, 0.6) is 5.75 Å². The van der Waals surface area contributed by atoms with Gasteiger partial charge in [-0.05, 0) is 42.8 Å². The Morgan fingerprint density at radius 2 is 1.96 bits per heavy atom. The fourth-order valence-electron chi connectivity index (χ4n) is 2.98. The number of H-pyrrole nitrogens is 1. The van der Waals surface area contributed by atoms with Crippen LogP contribution in [0.25, 0.3) is 22.2 Å². The summed E-state index contributed by atoms with van der Waals surface area (Å²) in [5.41, 5.74) is 4.29. The molecule has 0 aliphatic carbocycles. The molecule has 0 radical (unpaired) electrons. The van der Waals surface area contributed by atoms with Crippen LogP contribution in [0.1, 0.15) is 17.1 Å². The summed E-state index contributed by atoms with van der Waals surface area (Å²) in [6.45, 7) is 1.95. The first-order chi connectivity index (χ1) is 13.1. The van der Waals surface area contributed by atoms with Gasteiger partial charge in [-0.15, -0.1) is 0 Å². The van der Waals surface area contributed by atoms with Gasteiger partial charge in [-0.2, -0.15) is 0 Å². The number of ether oxygens (including phenoxy) is 1. The summed E-state index contributed by atoms with van der Waals surface area (Å²) < 4.78 is 5.22. The highest BCUT2D eigenvalue weighted by Gasteiger charge is 2.07. The molecule has 1 N–H and O–H groups in total. The number of aromatic amines is 1. The van der Waals surface area contributed by atoms with Crippen molar-refractivity contribution in [1.29, 1.82) is 0 Å². The highest BCUT2D eigenvalue weighted by atomic mass is 16.5. The maximum absolute atomic E-state index is 12.3. The Balaban J connectivity index is 1.63. The van der Waals surface area contributed by atoms with E-state index in [2.05, 4.69) is 19.9 Å². The van der Waals surface area contributed by atoms with Crippen molar-refractivity contribution in [3.05, 3.63) is 82.3 Å². The number of nitrogens with one attached hydrogen (secondary N) is 1. The Hall–Kier alpha value is -3.54. The third-order valence-electron chi connectivity index (χ3n) is 4.35. The van der Waals surface area contributed by atoms with E-state index in [1.165, 1.54) is 0 Å². The Morgan fingerprint density at radius 1 is 1.07 bits per heavy atom. The molecule has 0 saturated heterocycles. The molecule has 0 bridgehead atoms. The molecule has 0 fully saturated rings. The van der Waals surface area contributed by atoms with Crippen LogP contribution in [0.4, 0.5) is 0 Å². The molecule has 0 aliphatic rings. The first-order valence-electron chi connectivity index (χ1n) is 8.57. The lowest BCUT2D eigenvalue weighted by atomic mass is 10.1. The van der Waals surface area contributed by atoms with Crippen LogP contribution in [-0.4, -0.2) is 27.0 Å². The van der Waals surface area contributed by atoms with Gasteiger partial charge in [-0.3, -0.25) is 14.8 Å². The predicted octanol–water partition coefficient (Wildman–Crippen LogP) is 3.29. The lowest BCUT2D eigenvalue weighted by molar-refractivity contribution is 0.415. The fourth-order valence-corrected chi connectivity index (χ4v) is 2.98. The Kier molecular flexibility index (Phi) is 4.38. The molecule has 1 aromatic carbocycles. The molecule has 0 atom stereocenters. The number of hydrogen-bond donors (Lipinski definition) is 1. The van der Waals surface area contributed by atoms with E-state index in [-0.39, 0.29) is 5.56 Å². The van der Waals surface area contributed by atoms with E-state index in [4.69, 9.17) is 4.74 Å². The molecule has 4 aromatic rings. The molecule has 134 valence electrons. The van der Waals surface area contributed by atoms with E-state index in [9.17, 15) is 4.79 Å². The molecular formula is C21H18N4O2. The summed E-state index contributed by atoms with van der Waals surface area (Å²) in [4.78, 5) is 28.4. The number of fused-ring (bicyclic) bond motifs is 1. The minimum atomic E-state index is -0.158. The Morgan fingerprint density at radius 3 is 2.70 bits per heavy atom. The maximum atomic E-state index is 12.3. The summed E-state index contributed by atoms with van der Waals surface area (Å²) in [6, 6.07) is 13.1. The van der Waals surface area contributed by atoms with Crippen LogP contribution < -0.4 is 10.3 Å². The summed E-state index contributed by atoms with van der Waals surface area (Å²) in [6.07, 6.45) is 4.07. The van der Waals surface area contributed by atoms with Gasteiger partial charge in [-0.25, -0.2) is 4.98 Å². The molecule has 0 amide bonds. The van der Waals surface area contributed by atoms with Crippen LogP contribution in [0.2, 0.25) is 0 Å². The number of aryl methyl sites for hydroxylation is 1. The predicted molar refractivity (Wildman–Crippen MR) is 104 cm³/mol. The van der Waals surface area contributed by atoms with E-state index in [1.807, 2.05) is 31.2 Å². The molecule has 0 saturated carbocycles. The van der Waals surface area contributed by atoms with Gasteiger partial charge in [0, 0.05) is 36.1 Å². The number of aromatic nitrogens is 4. The van der Waals surface area contributed by atoms with Crippen molar-refractivity contribution >= 4 is 10.9 Å². The molecule has 0 unspecified atom stereocenters. The van der Waals surface area contributed by atoms with Gasteiger partial charge in [0.05, 0.1) is 23.7 Å². The number of hydrogen-bond acceptors (Lipinski definition) is 5. The lowest BCUT2D eigenvalue weighted by Gasteiger charge is -2.06. The molecule has 3 aromatic heterocycles. The van der Waals surface area contributed by atoms with Crippen LogP contribution in [-0.2, 0) is 6.42 Å². The van der Waals surface area contributed by atoms with Crippen LogP contribution in [0.15, 0.2) is 59.7 Å². The molecule has 4 rings (SSSR count). The van der Waals surface area contributed by atoms with Gasteiger partial charge < -0.3 is 9.72 Å². The Labute approximate surface area is 155 Å². The minimum Gasteiger partial charge on any atom is -0.497 e. The monoisotopic (exact) mass is 358 g/mol. The molecule has 0 aliphatic heterocycles. The number of pyridine rings is 2. The number of nitrogens with zero attached hydrogens (tertiary/aromatic N) is 3. The molecule has 27 heavy (non-hydrogen) atoms. The van der Waals surface area contributed by atoms with E-state index < -0.39 is 0 Å². The number of methoxy groups -OCH3 is 1. The minimum absolute atomic E-state index is 0.158. The van der Waals surface area contributed by atoms with E-state index >= 15 is 0 Å². The van der Waals surface area contributed by atoms with Crippen LogP contribution >= 0.6 is 0 Å². The average Bonchev–Trinajstić information content (AvgIpc) is 2.68. The largest absolute Gasteiger partial charge is 0.497 e. The van der Waals surface area contributed by atoms with E-state index in [1.54, 1.807) is 37.7 Å². The van der Waals surface area contributed by atoms with Crippen LogP contribution in [0.3, 0.4) is 0 Å². The van der Waals surface area contributed by atoms with Crippen molar-refractivity contribution < 1.29 is 4.74 Å². The van der Waals surface area contributed by atoms with Crippen molar-refractivity contribution in [2.24, 2.45) is 0 Å². The van der Waals surface area contributed by atoms with Gasteiger partial charge >= 0.3 is 0 Å². The topological polar surface area (TPSA) is 80.8 Å². The molecule has 3 heterocycles. The second kappa shape index (κ2) is 6.99. The molecular weight excluding hydrogens is 340 g/mol. The van der Waals surface area contributed by atoms with E-state index in [0.29, 0.717) is 28.9 Å². The zero-order valence-corrected chi connectivity index (χ0v) is 15.1. The fraction of sp³-hybridized carbons (Fsp3) is 0.143. The van der Waals surface area contributed by atoms with Gasteiger partial charge in [0.1, 0.15) is 11.6 Å². The van der Waals surface area contributed by atoms with Gasteiger partial charge in [0.2, 0.25) is 0 Å². The van der Waals surface area contributed by atoms with Crippen molar-refractivity contribution in [2.45, 2.75) is 13.3 Å². The van der Waals surface area contributed by atoms with Gasteiger partial charge in [0.25, 0.3) is 5.56 Å². The smallest absolute Gasteiger partial charge is 0.258 e. The first kappa shape index (κ1) is 16.9. The standard InChI is InChI=1S/C21H18N4O2/c1-13-9-15(7-8-22-13)18-6-3-14(12-23-18)10-20-24-19-11-16(27-2)4-5-17(19)21(26)25-20/h3-9,11-12H,10H2,1-2H3,(H,24,25,26). The average molecular weight is 358 g/mol. The zero-order valence-electron chi connectivity index (χ0n) is 15.1. The van der Waals surface area contributed by atoms with Crippen molar-refractivity contribution in [1.82, 2.24) is 19.9 Å². The highest BCUT2D eigenvalue weighted by Crippen LogP contribution is 2.19. The van der Waals surface area contributed by atoms with Gasteiger partial charge in [-0.1, -0.05) is 6.07 Å². The zero-order chi connectivity index (χ0) is 18.8. The molecule has 6 heteroatoms.